The highest BCUT2D eigenvalue weighted by Gasteiger charge is 2.14. The fraction of sp³-hybridized carbons (Fsp3) is 0.217. The van der Waals surface area contributed by atoms with Crippen LogP contribution in [0, 0.1) is 0 Å². The monoisotopic (exact) mass is 381 g/mol. The third-order valence-electron chi connectivity index (χ3n) is 4.61. The topological polar surface area (TPSA) is 30.5 Å². The van der Waals surface area contributed by atoms with Gasteiger partial charge in [0, 0.05) is 0 Å². The molecule has 27 heavy (non-hydrogen) atoms. The molecule has 0 atom stereocenters. The summed E-state index contributed by atoms with van der Waals surface area (Å²) in [6.45, 7) is 2.07. The van der Waals surface area contributed by atoms with Gasteiger partial charge in [-0.2, -0.15) is 0 Å². The molecule has 3 aromatic rings. The van der Waals surface area contributed by atoms with E-state index in [0.29, 0.717) is 6.10 Å². The van der Waals surface area contributed by atoms with Crippen LogP contribution in [0.3, 0.4) is 0 Å². The second-order valence-corrected chi connectivity index (χ2v) is 6.53. The molecule has 4 heteroatoms. The average Bonchev–Trinajstić information content (AvgIpc) is 2.72. The van der Waals surface area contributed by atoms with Crippen LogP contribution in [0.4, 0.5) is 0 Å². The second kappa shape index (κ2) is 9.45. The van der Waals surface area contributed by atoms with E-state index in [9.17, 15) is 0 Å². The summed E-state index contributed by atoms with van der Waals surface area (Å²) in [4.78, 5) is 0. The predicted octanol–water partition coefficient (Wildman–Crippen LogP) is 5.70. The van der Waals surface area contributed by atoms with Crippen LogP contribution in [-0.2, 0) is 0 Å². The number of ether oxygens (including phenoxy) is 2. The first-order chi connectivity index (χ1) is 12.9. The molecule has 4 rings (SSSR count). The van der Waals surface area contributed by atoms with Gasteiger partial charge in [0.1, 0.15) is 23.4 Å². The van der Waals surface area contributed by atoms with Gasteiger partial charge in [-0.3, -0.25) is 0 Å². The van der Waals surface area contributed by atoms with E-state index in [4.69, 9.17) is 9.47 Å². The van der Waals surface area contributed by atoms with Crippen molar-refractivity contribution >= 4 is 12.4 Å². The van der Waals surface area contributed by atoms with Gasteiger partial charge >= 0.3 is 0 Å². The van der Waals surface area contributed by atoms with Crippen LogP contribution >= 0.6 is 12.4 Å². The number of nitrogens with one attached hydrogen (secondary N) is 1. The molecule has 3 aromatic carbocycles. The van der Waals surface area contributed by atoms with Crippen LogP contribution in [0.1, 0.15) is 12.8 Å². The normalized spacial score (nSPS) is 14.2. The van der Waals surface area contributed by atoms with E-state index in [1.165, 1.54) is 11.1 Å². The zero-order valence-corrected chi connectivity index (χ0v) is 16.0. The lowest BCUT2D eigenvalue weighted by atomic mass is 10.1. The van der Waals surface area contributed by atoms with Gasteiger partial charge in [0.2, 0.25) is 0 Å². The Kier molecular flexibility index (Phi) is 6.74. The summed E-state index contributed by atoms with van der Waals surface area (Å²) >= 11 is 0. The third-order valence-corrected chi connectivity index (χ3v) is 4.61. The molecule has 0 amide bonds. The highest BCUT2D eigenvalue weighted by atomic mass is 35.5. The first kappa shape index (κ1) is 19.3. The summed E-state index contributed by atoms with van der Waals surface area (Å²) in [5.74, 6) is 2.55. The Labute approximate surface area is 166 Å². The highest BCUT2D eigenvalue weighted by Crippen LogP contribution is 2.27. The third kappa shape index (κ3) is 5.25. The fourth-order valence-electron chi connectivity index (χ4n) is 3.17. The van der Waals surface area contributed by atoms with Gasteiger partial charge in [-0.25, -0.2) is 0 Å². The van der Waals surface area contributed by atoms with Gasteiger partial charge in [-0.05, 0) is 73.5 Å². The number of benzene rings is 3. The summed E-state index contributed by atoms with van der Waals surface area (Å²) in [5.41, 5.74) is 2.39. The van der Waals surface area contributed by atoms with E-state index in [-0.39, 0.29) is 12.4 Å². The summed E-state index contributed by atoms with van der Waals surface area (Å²) in [6, 6.07) is 26.4. The molecule has 0 radical (unpaired) electrons. The van der Waals surface area contributed by atoms with Crippen molar-refractivity contribution in [1.29, 1.82) is 0 Å². The summed E-state index contributed by atoms with van der Waals surface area (Å²) in [6.07, 6.45) is 2.44. The maximum atomic E-state index is 6.03. The summed E-state index contributed by atoms with van der Waals surface area (Å²) in [7, 11) is 0. The van der Waals surface area contributed by atoms with Crippen molar-refractivity contribution in [3.8, 4) is 28.4 Å². The molecule has 140 valence electrons. The van der Waals surface area contributed by atoms with Crippen LogP contribution in [0.5, 0.6) is 17.2 Å². The molecule has 3 nitrogen and oxygen atoms in total. The lowest BCUT2D eigenvalue weighted by Crippen LogP contribution is -2.34. The van der Waals surface area contributed by atoms with Gasteiger partial charge < -0.3 is 14.8 Å². The summed E-state index contributed by atoms with van der Waals surface area (Å²) < 4.78 is 12.0. The van der Waals surface area contributed by atoms with Crippen molar-refractivity contribution in [2.75, 3.05) is 13.1 Å². The van der Waals surface area contributed by atoms with Crippen LogP contribution in [-0.4, -0.2) is 19.2 Å². The van der Waals surface area contributed by atoms with Crippen molar-refractivity contribution in [3.05, 3.63) is 78.9 Å². The predicted molar refractivity (Wildman–Crippen MR) is 112 cm³/mol. The Morgan fingerprint density at radius 2 is 1.15 bits per heavy atom. The average molecular weight is 382 g/mol. The minimum atomic E-state index is 0. The van der Waals surface area contributed by atoms with E-state index in [2.05, 4.69) is 29.6 Å². The maximum absolute atomic E-state index is 6.03. The molecule has 0 aromatic heterocycles. The molecule has 0 unspecified atom stereocenters. The number of hydrogen-bond donors (Lipinski definition) is 1. The Bertz CT molecular complexity index is 813. The molecular formula is C23H24ClNO2. The number of piperidine rings is 1. The van der Waals surface area contributed by atoms with Crippen molar-refractivity contribution in [2.45, 2.75) is 18.9 Å². The van der Waals surface area contributed by atoms with Crippen LogP contribution in [0.25, 0.3) is 11.1 Å². The first-order valence-electron chi connectivity index (χ1n) is 9.18. The molecule has 0 aliphatic carbocycles. The Morgan fingerprint density at radius 3 is 1.78 bits per heavy atom. The van der Waals surface area contributed by atoms with Crippen LogP contribution in [0.2, 0.25) is 0 Å². The van der Waals surface area contributed by atoms with Crippen molar-refractivity contribution < 1.29 is 9.47 Å². The van der Waals surface area contributed by atoms with Gasteiger partial charge in [-0.15, -0.1) is 12.4 Å². The smallest absolute Gasteiger partial charge is 0.127 e. The first-order valence-corrected chi connectivity index (χ1v) is 9.18. The van der Waals surface area contributed by atoms with E-state index in [1.54, 1.807) is 0 Å². The van der Waals surface area contributed by atoms with E-state index in [0.717, 1.165) is 43.2 Å². The van der Waals surface area contributed by atoms with E-state index < -0.39 is 0 Å². The zero-order chi connectivity index (χ0) is 17.6. The zero-order valence-electron chi connectivity index (χ0n) is 15.1. The number of rotatable bonds is 5. The minimum Gasteiger partial charge on any atom is -0.490 e. The molecule has 0 bridgehead atoms. The highest BCUT2D eigenvalue weighted by molar-refractivity contribution is 5.85. The largest absolute Gasteiger partial charge is 0.490 e. The van der Waals surface area contributed by atoms with Crippen molar-refractivity contribution in [3.63, 3.8) is 0 Å². The molecule has 0 saturated carbocycles. The molecule has 0 spiro atoms. The van der Waals surface area contributed by atoms with Gasteiger partial charge in [0.25, 0.3) is 0 Å². The summed E-state index contributed by atoms with van der Waals surface area (Å²) in [5, 5.41) is 3.35. The van der Waals surface area contributed by atoms with Gasteiger partial charge in [0.05, 0.1) is 0 Å². The van der Waals surface area contributed by atoms with Crippen LogP contribution < -0.4 is 14.8 Å². The van der Waals surface area contributed by atoms with Crippen molar-refractivity contribution in [1.82, 2.24) is 5.32 Å². The van der Waals surface area contributed by atoms with Crippen molar-refractivity contribution in [2.24, 2.45) is 0 Å². The minimum absolute atomic E-state index is 0. The Morgan fingerprint density at radius 1 is 0.630 bits per heavy atom. The number of hydrogen-bond acceptors (Lipinski definition) is 3. The quantitative estimate of drug-likeness (QED) is 0.615. The van der Waals surface area contributed by atoms with Crippen LogP contribution in [0.15, 0.2) is 78.9 Å². The fourth-order valence-corrected chi connectivity index (χ4v) is 3.17. The van der Waals surface area contributed by atoms with Gasteiger partial charge in [0.15, 0.2) is 0 Å². The molecule has 1 aliphatic heterocycles. The lowest BCUT2D eigenvalue weighted by molar-refractivity contribution is 0.162. The SMILES string of the molecule is Cl.c1ccc(-c2ccc(Oc3ccc(OC4CCNCC4)cc3)cc2)cc1. The van der Waals surface area contributed by atoms with E-state index in [1.807, 2.05) is 54.6 Å². The Balaban J connectivity index is 0.00000210. The van der Waals surface area contributed by atoms with Gasteiger partial charge in [-0.1, -0.05) is 42.5 Å². The van der Waals surface area contributed by atoms with E-state index >= 15 is 0 Å². The molecular weight excluding hydrogens is 358 g/mol. The molecule has 1 heterocycles. The standard InChI is InChI=1S/C23H23NO2.ClH/c1-2-4-18(5-3-1)19-6-8-20(9-7-19)25-21-10-12-22(13-11-21)26-23-14-16-24-17-15-23;/h1-13,23-24H,14-17H2;1H. The molecule has 1 saturated heterocycles. The maximum Gasteiger partial charge on any atom is 0.127 e. The Hall–Kier alpha value is -2.49. The second-order valence-electron chi connectivity index (χ2n) is 6.53. The molecule has 1 N–H and O–H groups in total. The molecule has 1 fully saturated rings. The number of halogens is 1. The molecule has 1 aliphatic rings. The lowest BCUT2D eigenvalue weighted by Gasteiger charge is -2.23.